The van der Waals surface area contributed by atoms with Crippen LogP contribution in [0.2, 0.25) is 0 Å². The Morgan fingerprint density at radius 3 is 2.71 bits per heavy atom. The summed E-state index contributed by atoms with van der Waals surface area (Å²) in [5.74, 6) is 0.874. The van der Waals surface area contributed by atoms with E-state index in [1.54, 1.807) is 11.7 Å². The van der Waals surface area contributed by atoms with E-state index in [9.17, 15) is 4.79 Å². The van der Waals surface area contributed by atoms with Crippen LogP contribution in [0.15, 0.2) is 30.6 Å². The van der Waals surface area contributed by atoms with Crippen molar-refractivity contribution in [2.45, 2.75) is 19.8 Å². The number of hydrogen-bond acceptors (Lipinski definition) is 3. The van der Waals surface area contributed by atoms with E-state index >= 15 is 0 Å². The van der Waals surface area contributed by atoms with Crippen LogP contribution in [-0.4, -0.2) is 20.5 Å². The van der Waals surface area contributed by atoms with Crippen LogP contribution < -0.4 is 0 Å². The highest BCUT2D eigenvalue weighted by molar-refractivity contribution is 5.82. The summed E-state index contributed by atoms with van der Waals surface area (Å²) in [5.41, 5.74) is 2.23. The Morgan fingerprint density at radius 1 is 1.29 bits per heavy atom. The van der Waals surface area contributed by atoms with Crippen molar-refractivity contribution in [3.63, 3.8) is 0 Å². The van der Waals surface area contributed by atoms with Gasteiger partial charge in [0.2, 0.25) is 0 Å². The highest BCUT2D eigenvalue weighted by Gasteiger charge is 2.10. The number of hydrogen-bond donors (Lipinski definition) is 0. The molecule has 0 aliphatic carbocycles. The van der Waals surface area contributed by atoms with Crippen LogP contribution in [0.1, 0.15) is 17.0 Å². The molecular formula is C13H15N3O. The van der Waals surface area contributed by atoms with Crippen molar-refractivity contribution in [2.75, 3.05) is 0 Å². The molecule has 0 atom stereocenters. The summed E-state index contributed by atoms with van der Waals surface area (Å²) in [6.07, 6.45) is 2.26. The van der Waals surface area contributed by atoms with Gasteiger partial charge in [-0.05, 0) is 18.1 Å². The Balaban J connectivity index is 2.03. The molecule has 1 aromatic carbocycles. The summed E-state index contributed by atoms with van der Waals surface area (Å²) in [6, 6.07) is 7.94. The van der Waals surface area contributed by atoms with Crippen molar-refractivity contribution in [1.29, 1.82) is 0 Å². The lowest BCUT2D eigenvalue weighted by Crippen LogP contribution is -2.11. The lowest BCUT2D eigenvalue weighted by atomic mass is 10.0. The standard InChI is InChI=1S/C13H15N3O/c1-10-5-3-4-6-11(10)7-12(17)8-13-14-9-15-16(13)2/h3-6,9H,7-8H2,1-2H3. The van der Waals surface area contributed by atoms with Gasteiger partial charge in [-0.25, -0.2) is 4.98 Å². The molecule has 0 unspecified atom stereocenters. The number of rotatable bonds is 4. The van der Waals surface area contributed by atoms with Crippen LogP contribution in [0.25, 0.3) is 0 Å². The number of carbonyl (C=O) groups is 1. The fourth-order valence-electron chi connectivity index (χ4n) is 1.74. The molecule has 0 radical (unpaired) electrons. The van der Waals surface area contributed by atoms with Gasteiger partial charge < -0.3 is 0 Å². The van der Waals surface area contributed by atoms with Crippen molar-refractivity contribution in [3.8, 4) is 0 Å². The zero-order chi connectivity index (χ0) is 12.3. The van der Waals surface area contributed by atoms with E-state index in [1.807, 2.05) is 31.2 Å². The van der Waals surface area contributed by atoms with Crippen molar-refractivity contribution >= 4 is 5.78 Å². The lowest BCUT2D eigenvalue weighted by molar-refractivity contribution is -0.117. The Morgan fingerprint density at radius 2 is 2.06 bits per heavy atom. The topological polar surface area (TPSA) is 47.8 Å². The second-order valence-corrected chi connectivity index (χ2v) is 4.12. The van der Waals surface area contributed by atoms with Crippen LogP contribution in [0.3, 0.4) is 0 Å². The number of nitrogens with zero attached hydrogens (tertiary/aromatic N) is 3. The van der Waals surface area contributed by atoms with Gasteiger partial charge in [-0.3, -0.25) is 9.48 Å². The van der Waals surface area contributed by atoms with Crippen molar-refractivity contribution < 1.29 is 4.79 Å². The number of aromatic nitrogens is 3. The van der Waals surface area contributed by atoms with E-state index in [1.165, 1.54) is 6.33 Å². The summed E-state index contributed by atoms with van der Waals surface area (Å²) >= 11 is 0. The highest BCUT2D eigenvalue weighted by atomic mass is 16.1. The van der Waals surface area contributed by atoms with Gasteiger partial charge in [-0.2, -0.15) is 5.10 Å². The minimum Gasteiger partial charge on any atom is -0.299 e. The first-order chi connectivity index (χ1) is 8.16. The first-order valence-electron chi connectivity index (χ1n) is 5.56. The average molecular weight is 229 g/mol. The predicted octanol–water partition coefficient (Wildman–Crippen LogP) is 1.48. The molecule has 0 spiro atoms. The molecule has 0 saturated heterocycles. The summed E-state index contributed by atoms with van der Waals surface area (Å²) in [6.45, 7) is 2.02. The van der Waals surface area contributed by atoms with Crippen LogP contribution in [0.5, 0.6) is 0 Å². The number of ketones is 1. The molecular weight excluding hydrogens is 214 g/mol. The molecule has 0 amide bonds. The summed E-state index contributed by atoms with van der Waals surface area (Å²) in [5, 5.41) is 3.95. The van der Waals surface area contributed by atoms with Gasteiger partial charge >= 0.3 is 0 Å². The van der Waals surface area contributed by atoms with Crippen LogP contribution in [-0.2, 0) is 24.7 Å². The van der Waals surface area contributed by atoms with Gasteiger partial charge in [0.15, 0.2) is 0 Å². The van der Waals surface area contributed by atoms with Crippen LogP contribution in [0, 0.1) is 6.92 Å². The Bertz CT molecular complexity index is 531. The lowest BCUT2D eigenvalue weighted by Gasteiger charge is -2.04. The molecule has 17 heavy (non-hydrogen) atoms. The maximum Gasteiger partial charge on any atom is 0.144 e. The molecule has 2 rings (SSSR count). The molecule has 88 valence electrons. The summed E-state index contributed by atoms with van der Waals surface area (Å²) in [4.78, 5) is 16.0. The third-order valence-corrected chi connectivity index (χ3v) is 2.81. The molecule has 0 aliphatic rings. The van der Waals surface area contributed by atoms with Crippen molar-refractivity contribution in [2.24, 2.45) is 7.05 Å². The van der Waals surface area contributed by atoms with Gasteiger partial charge in [0.1, 0.15) is 17.9 Å². The minimum atomic E-state index is 0.162. The molecule has 0 aliphatic heterocycles. The number of benzene rings is 1. The van der Waals surface area contributed by atoms with E-state index in [2.05, 4.69) is 10.1 Å². The fourth-order valence-corrected chi connectivity index (χ4v) is 1.74. The van der Waals surface area contributed by atoms with E-state index in [-0.39, 0.29) is 5.78 Å². The van der Waals surface area contributed by atoms with Gasteiger partial charge in [0.25, 0.3) is 0 Å². The fraction of sp³-hybridized carbons (Fsp3) is 0.308. The first-order valence-corrected chi connectivity index (χ1v) is 5.56. The molecule has 1 heterocycles. The molecule has 4 heteroatoms. The monoisotopic (exact) mass is 229 g/mol. The first kappa shape index (κ1) is 11.5. The quantitative estimate of drug-likeness (QED) is 0.797. The van der Waals surface area contributed by atoms with Crippen LogP contribution in [0.4, 0.5) is 0 Å². The van der Waals surface area contributed by atoms with E-state index in [0.717, 1.165) is 11.1 Å². The highest BCUT2D eigenvalue weighted by Crippen LogP contribution is 2.09. The largest absolute Gasteiger partial charge is 0.299 e. The second kappa shape index (κ2) is 4.91. The summed E-state index contributed by atoms with van der Waals surface area (Å²) < 4.78 is 1.63. The van der Waals surface area contributed by atoms with Gasteiger partial charge in [0, 0.05) is 13.5 Å². The van der Waals surface area contributed by atoms with Gasteiger partial charge in [-0.1, -0.05) is 24.3 Å². The Hall–Kier alpha value is -1.97. The predicted molar refractivity (Wildman–Crippen MR) is 64.6 cm³/mol. The number of Topliss-reactive ketones (excluding diaryl/α,β-unsaturated/α-hetero) is 1. The third kappa shape index (κ3) is 2.78. The Labute approximate surface area is 100 Å². The maximum atomic E-state index is 11.9. The number of carbonyl (C=O) groups excluding carboxylic acids is 1. The maximum absolute atomic E-state index is 11.9. The van der Waals surface area contributed by atoms with Crippen molar-refractivity contribution in [3.05, 3.63) is 47.5 Å². The molecule has 4 nitrogen and oxygen atoms in total. The average Bonchev–Trinajstić information content (AvgIpc) is 2.68. The van der Waals surface area contributed by atoms with Crippen molar-refractivity contribution in [1.82, 2.24) is 14.8 Å². The molecule has 0 saturated carbocycles. The molecule has 0 fully saturated rings. The van der Waals surface area contributed by atoms with E-state index in [4.69, 9.17) is 0 Å². The van der Waals surface area contributed by atoms with Crippen LogP contribution >= 0.6 is 0 Å². The molecule has 0 N–H and O–H groups in total. The number of aryl methyl sites for hydroxylation is 2. The SMILES string of the molecule is Cc1ccccc1CC(=O)Cc1ncnn1C. The molecule has 0 bridgehead atoms. The normalized spacial score (nSPS) is 10.5. The van der Waals surface area contributed by atoms with Gasteiger partial charge in [-0.15, -0.1) is 0 Å². The molecule has 2 aromatic rings. The van der Waals surface area contributed by atoms with E-state index < -0.39 is 0 Å². The minimum absolute atomic E-state index is 0.162. The third-order valence-electron chi connectivity index (χ3n) is 2.81. The zero-order valence-corrected chi connectivity index (χ0v) is 10.1. The van der Waals surface area contributed by atoms with E-state index in [0.29, 0.717) is 18.7 Å². The molecule has 1 aromatic heterocycles. The smallest absolute Gasteiger partial charge is 0.144 e. The second-order valence-electron chi connectivity index (χ2n) is 4.12. The zero-order valence-electron chi connectivity index (χ0n) is 10.1. The van der Waals surface area contributed by atoms with Gasteiger partial charge in [0.05, 0.1) is 6.42 Å². The summed E-state index contributed by atoms with van der Waals surface area (Å²) in [7, 11) is 1.80. The Kier molecular flexibility index (Phi) is 3.32.